The van der Waals surface area contributed by atoms with Crippen molar-refractivity contribution in [1.82, 2.24) is 9.78 Å². The molecule has 3 rings (SSSR count). The molecular weight excluding hydrogens is 264 g/mol. The van der Waals surface area contributed by atoms with E-state index in [1.54, 1.807) is 17.9 Å². The van der Waals surface area contributed by atoms with Crippen LogP contribution in [0.1, 0.15) is 5.56 Å². The summed E-state index contributed by atoms with van der Waals surface area (Å²) in [7, 11) is 1.60. The van der Waals surface area contributed by atoms with Crippen LogP contribution in [0.2, 0.25) is 0 Å². The van der Waals surface area contributed by atoms with E-state index >= 15 is 0 Å². The summed E-state index contributed by atoms with van der Waals surface area (Å²) in [6, 6.07) is 15.6. The van der Waals surface area contributed by atoms with E-state index in [2.05, 4.69) is 5.10 Å². The fourth-order valence-electron chi connectivity index (χ4n) is 2.26. The molecule has 0 saturated heterocycles. The van der Waals surface area contributed by atoms with Crippen LogP contribution in [0.25, 0.3) is 17.0 Å². The molecule has 0 bridgehead atoms. The normalized spacial score (nSPS) is 11.3. The number of hydrogen-bond donors (Lipinski definition) is 1. The van der Waals surface area contributed by atoms with E-state index in [9.17, 15) is 5.11 Å². The SMILES string of the molecule is COc1ccc2c(c1)c(O)nn2CC=Cc1ccccc1. The highest BCUT2D eigenvalue weighted by atomic mass is 16.5. The van der Waals surface area contributed by atoms with Crippen LogP contribution in [-0.4, -0.2) is 22.0 Å². The maximum Gasteiger partial charge on any atom is 0.238 e. The lowest BCUT2D eigenvalue weighted by Gasteiger charge is -2.01. The second-order valence-electron chi connectivity index (χ2n) is 4.70. The second kappa shape index (κ2) is 5.71. The highest BCUT2D eigenvalue weighted by Crippen LogP contribution is 2.27. The predicted molar refractivity (Wildman–Crippen MR) is 83.4 cm³/mol. The Balaban J connectivity index is 1.86. The van der Waals surface area contributed by atoms with Crippen molar-refractivity contribution in [3.63, 3.8) is 0 Å². The summed E-state index contributed by atoms with van der Waals surface area (Å²) in [5.74, 6) is 0.731. The zero-order valence-corrected chi connectivity index (χ0v) is 11.7. The molecule has 21 heavy (non-hydrogen) atoms. The van der Waals surface area contributed by atoms with Crippen molar-refractivity contribution in [3.05, 3.63) is 60.2 Å². The molecule has 0 fully saturated rings. The minimum Gasteiger partial charge on any atom is -0.497 e. The summed E-state index contributed by atoms with van der Waals surface area (Å²) in [6.07, 6.45) is 4.06. The molecule has 3 aromatic rings. The van der Waals surface area contributed by atoms with E-state index in [0.29, 0.717) is 17.7 Å². The van der Waals surface area contributed by atoms with Crippen LogP contribution in [0.4, 0.5) is 0 Å². The van der Waals surface area contributed by atoms with Gasteiger partial charge in [-0.05, 0) is 23.8 Å². The summed E-state index contributed by atoms with van der Waals surface area (Å²) in [5.41, 5.74) is 2.02. The Labute approximate surface area is 122 Å². The van der Waals surface area contributed by atoms with Gasteiger partial charge in [-0.3, -0.25) is 4.68 Å². The van der Waals surface area contributed by atoms with Crippen molar-refractivity contribution < 1.29 is 9.84 Å². The Bertz CT molecular complexity index is 776. The van der Waals surface area contributed by atoms with Gasteiger partial charge in [0.05, 0.1) is 24.6 Å². The first-order valence-corrected chi connectivity index (χ1v) is 6.73. The highest BCUT2D eigenvalue weighted by Gasteiger charge is 2.09. The van der Waals surface area contributed by atoms with Crippen LogP contribution in [-0.2, 0) is 6.54 Å². The number of rotatable bonds is 4. The number of aromatic hydroxyl groups is 1. The van der Waals surface area contributed by atoms with Gasteiger partial charge in [0.1, 0.15) is 5.75 Å². The molecule has 0 aliphatic carbocycles. The molecular formula is C17H16N2O2. The van der Waals surface area contributed by atoms with Crippen molar-refractivity contribution in [3.8, 4) is 11.6 Å². The van der Waals surface area contributed by atoms with E-state index in [0.717, 1.165) is 11.1 Å². The van der Waals surface area contributed by atoms with Crippen molar-refractivity contribution in [2.45, 2.75) is 6.54 Å². The standard InChI is InChI=1S/C17H16N2O2/c1-21-14-9-10-16-15(12-14)17(20)18-19(16)11-5-8-13-6-3-2-4-7-13/h2-10,12H,11H2,1H3,(H,18,20). The number of benzene rings is 2. The van der Waals surface area contributed by atoms with Gasteiger partial charge in [0.25, 0.3) is 0 Å². The van der Waals surface area contributed by atoms with E-state index in [1.807, 2.05) is 54.6 Å². The van der Waals surface area contributed by atoms with E-state index in [-0.39, 0.29) is 5.88 Å². The molecule has 0 unspecified atom stereocenters. The minimum absolute atomic E-state index is 0.0250. The van der Waals surface area contributed by atoms with Crippen LogP contribution in [0.15, 0.2) is 54.6 Å². The maximum atomic E-state index is 9.92. The summed E-state index contributed by atoms with van der Waals surface area (Å²) in [6.45, 7) is 0.596. The third kappa shape index (κ3) is 2.74. The van der Waals surface area contributed by atoms with Gasteiger partial charge in [0.15, 0.2) is 0 Å². The fourth-order valence-corrected chi connectivity index (χ4v) is 2.26. The molecule has 0 amide bonds. The summed E-state index contributed by atoms with van der Waals surface area (Å²) >= 11 is 0. The number of fused-ring (bicyclic) bond motifs is 1. The first-order chi connectivity index (χ1) is 10.3. The lowest BCUT2D eigenvalue weighted by atomic mass is 10.2. The van der Waals surface area contributed by atoms with Crippen LogP contribution >= 0.6 is 0 Å². The fraction of sp³-hybridized carbons (Fsp3) is 0.118. The molecule has 4 heteroatoms. The lowest BCUT2D eigenvalue weighted by Crippen LogP contribution is -1.96. The number of hydrogen-bond acceptors (Lipinski definition) is 3. The first kappa shape index (κ1) is 13.2. The zero-order valence-electron chi connectivity index (χ0n) is 11.7. The molecule has 1 aromatic heterocycles. The first-order valence-electron chi connectivity index (χ1n) is 6.73. The van der Waals surface area contributed by atoms with Crippen molar-refractivity contribution in [1.29, 1.82) is 0 Å². The number of allylic oxidation sites excluding steroid dienone is 1. The van der Waals surface area contributed by atoms with Gasteiger partial charge in [0, 0.05) is 0 Å². The van der Waals surface area contributed by atoms with E-state index in [1.165, 1.54) is 0 Å². The Morgan fingerprint density at radius 1 is 1.19 bits per heavy atom. The number of ether oxygens (including phenoxy) is 1. The Kier molecular flexibility index (Phi) is 3.60. The predicted octanol–water partition coefficient (Wildman–Crippen LogP) is 3.46. The van der Waals surface area contributed by atoms with Crippen molar-refractivity contribution in [2.24, 2.45) is 0 Å². The lowest BCUT2D eigenvalue weighted by molar-refractivity contribution is 0.415. The minimum atomic E-state index is 0.0250. The van der Waals surface area contributed by atoms with Crippen molar-refractivity contribution >= 4 is 17.0 Å². The molecule has 2 aromatic carbocycles. The summed E-state index contributed by atoms with van der Waals surface area (Å²) in [4.78, 5) is 0. The van der Waals surface area contributed by atoms with Crippen LogP contribution in [0.5, 0.6) is 11.6 Å². The molecule has 1 N–H and O–H groups in total. The zero-order chi connectivity index (χ0) is 14.7. The van der Waals surface area contributed by atoms with Gasteiger partial charge in [-0.2, -0.15) is 0 Å². The third-order valence-electron chi connectivity index (χ3n) is 3.33. The topological polar surface area (TPSA) is 47.3 Å². The number of nitrogens with zero attached hydrogens (tertiary/aromatic N) is 2. The summed E-state index contributed by atoms with van der Waals surface area (Å²) in [5, 5.41) is 14.8. The average Bonchev–Trinajstić information content (AvgIpc) is 2.84. The quantitative estimate of drug-likeness (QED) is 0.796. The molecule has 0 aliphatic heterocycles. The smallest absolute Gasteiger partial charge is 0.238 e. The van der Waals surface area contributed by atoms with Gasteiger partial charge in [-0.25, -0.2) is 0 Å². The number of methoxy groups -OCH3 is 1. The van der Waals surface area contributed by atoms with Gasteiger partial charge in [-0.1, -0.05) is 42.5 Å². The Hall–Kier alpha value is -2.75. The summed E-state index contributed by atoms with van der Waals surface area (Å²) < 4.78 is 6.93. The van der Waals surface area contributed by atoms with Gasteiger partial charge >= 0.3 is 0 Å². The van der Waals surface area contributed by atoms with Gasteiger partial charge < -0.3 is 9.84 Å². The van der Waals surface area contributed by atoms with Crippen LogP contribution < -0.4 is 4.74 Å². The number of aromatic nitrogens is 2. The van der Waals surface area contributed by atoms with E-state index < -0.39 is 0 Å². The molecule has 1 heterocycles. The molecule has 4 nitrogen and oxygen atoms in total. The molecule has 106 valence electrons. The van der Waals surface area contributed by atoms with Gasteiger partial charge in [-0.15, -0.1) is 5.10 Å². The Morgan fingerprint density at radius 3 is 2.76 bits per heavy atom. The molecule has 0 aliphatic rings. The molecule has 0 radical (unpaired) electrons. The molecule has 0 spiro atoms. The largest absolute Gasteiger partial charge is 0.497 e. The molecule has 0 atom stereocenters. The monoisotopic (exact) mass is 280 g/mol. The van der Waals surface area contributed by atoms with Crippen LogP contribution in [0.3, 0.4) is 0 Å². The average molecular weight is 280 g/mol. The molecule has 0 saturated carbocycles. The second-order valence-corrected chi connectivity index (χ2v) is 4.70. The highest BCUT2D eigenvalue weighted by molar-refractivity contribution is 5.85. The van der Waals surface area contributed by atoms with Crippen molar-refractivity contribution in [2.75, 3.05) is 7.11 Å². The van der Waals surface area contributed by atoms with Gasteiger partial charge in [0.2, 0.25) is 5.88 Å². The third-order valence-corrected chi connectivity index (χ3v) is 3.33. The van der Waals surface area contributed by atoms with Crippen LogP contribution in [0, 0.1) is 0 Å². The maximum absolute atomic E-state index is 9.92. The van der Waals surface area contributed by atoms with E-state index in [4.69, 9.17) is 4.74 Å². The Morgan fingerprint density at radius 2 is 2.00 bits per heavy atom.